The lowest BCUT2D eigenvalue weighted by Crippen LogP contribution is -2.38. The van der Waals surface area contributed by atoms with Gasteiger partial charge in [0.05, 0.1) is 29.0 Å². The fraction of sp³-hybridized carbons (Fsp3) is 0.400. The van der Waals surface area contributed by atoms with Crippen molar-refractivity contribution in [3.63, 3.8) is 0 Å². The van der Waals surface area contributed by atoms with Gasteiger partial charge in [0.15, 0.2) is 5.78 Å². The number of carbonyl (C=O) groups is 1. The van der Waals surface area contributed by atoms with Gasteiger partial charge in [-0.25, -0.2) is 4.68 Å². The summed E-state index contributed by atoms with van der Waals surface area (Å²) in [6, 6.07) is 16.3. The number of carbonyl (C=O) groups excluding carboxylic acids is 1. The topological polar surface area (TPSA) is 63.1 Å². The van der Waals surface area contributed by atoms with Gasteiger partial charge >= 0.3 is 0 Å². The largest absolute Gasteiger partial charge is 0.375 e. The Morgan fingerprint density at radius 3 is 2.68 bits per heavy atom. The second kappa shape index (κ2) is 8.92. The molecule has 6 nitrogen and oxygen atoms in total. The predicted octanol–water partition coefficient (Wildman–Crippen LogP) is 5.06. The van der Waals surface area contributed by atoms with Crippen LogP contribution in [0.1, 0.15) is 61.6 Å². The number of nitrogens with zero attached hydrogens (tertiary/aromatic N) is 4. The van der Waals surface area contributed by atoms with Crippen molar-refractivity contribution in [2.24, 2.45) is 0 Å². The first-order valence-corrected chi connectivity index (χ1v) is 11.0. The maximum Gasteiger partial charge on any atom is 0.168 e. The van der Waals surface area contributed by atoms with E-state index in [4.69, 9.17) is 0 Å². The number of aromatic nitrogens is 3. The third-order valence-corrected chi connectivity index (χ3v) is 6.05. The molecule has 3 heterocycles. The van der Waals surface area contributed by atoms with Gasteiger partial charge in [0.1, 0.15) is 5.82 Å². The van der Waals surface area contributed by atoms with Crippen LogP contribution in [-0.4, -0.2) is 34.1 Å². The summed E-state index contributed by atoms with van der Waals surface area (Å²) in [5.41, 5.74) is 2.68. The summed E-state index contributed by atoms with van der Waals surface area (Å²) in [4.78, 5) is 19.8. The van der Waals surface area contributed by atoms with E-state index in [1.54, 1.807) is 6.20 Å². The highest BCUT2D eigenvalue weighted by Crippen LogP contribution is 2.39. The molecule has 0 radical (unpaired) electrons. The van der Waals surface area contributed by atoms with Gasteiger partial charge in [0, 0.05) is 31.9 Å². The maximum atomic E-state index is 13.0. The van der Waals surface area contributed by atoms with E-state index < -0.39 is 0 Å². The molecule has 0 saturated carbocycles. The van der Waals surface area contributed by atoms with Gasteiger partial charge in [-0.2, -0.15) is 5.10 Å². The van der Waals surface area contributed by atoms with E-state index in [-0.39, 0.29) is 17.4 Å². The van der Waals surface area contributed by atoms with Crippen molar-refractivity contribution in [2.75, 3.05) is 23.8 Å². The zero-order chi connectivity index (χ0) is 21.8. The van der Waals surface area contributed by atoms with E-state index in [1.807, 2.05) is 47.3 Å². The number of hydrogen-bond donors (Lipinski definition) is 1. The number of benzene rings is 1. The van der Waals surface area contributed by atoms with Crippen LogP contribution in [0.5, 0.6) is 0 Å². The van der Waals surface area contributed by atoms with Gasteiger partial charge in [0.25, 0.3) is 0 Å². The number of nitrogens with one attached hydrogen (secondary N) is 1. The first-order chi connectivity index (χ1) is 15.0. The predicted molar refractivity (Wildman–Crippen MR) is 125 cm³/mol. The molecule has 2 aromatic heterocycles. The SMILES string of the molecule is CN(CCCCC(=O)c1cnn2c1NC(c1ccccn1)CC2(C)C)c1ccccc1. The van der Waals surface area contributed by atoms with E-state index >= 15 is 0 Å². The first-order valence-electron chi connectivity index (χ1n) is 11.0. The molecule has 0 spiro atoms. The van der Waals surface area contributed by atoms with Crippen LogP contribution in [-0.2, 0) is 5.54 Å². The Balaban J connectivity index is 1.39. The van der Waals surface area contributed by atoms with Crippen molar-refractivity contribution in [1.82, 2.24) is 14.8 Å². The molecule has 1 aromatic carbocycles. The highest BCUT2D eigenvalue weighted by Gasteiger charge is 2.36. The summed E-state index contributed by atoms with van der Waals surface area (Å²) in [5.74, 6) is 0.965. The molecule has 162 valence electrons. The summed E-state index contributed by atoms with van der Waals surface area (Å²) in [7, 11) is 2.09. The number of unbranched alkanes of at least 4 members (excludes halogenated alkanes) is 1. The molecule has 31 heavy (non-hydrogen) atoms. The second-order valence-corrected chi connectivity index (χ2v) is 8.92. The third kappa shape index (κ3) is 4.63. The van der Waals surface area contributed by atoms with Crippen LogP contribution < -0.4 is 10.2 Å². The molecule has 0 amide bonds. The molecule has 0 fully saturated rings. The third-order valence-electron chi connectivity index (χ3n) is 6.05. The number of hydrogen-bond acceptors (Lipinski definition) is 5. The first kappa shape index (κ1) is 21.1. The number of pyridine rings is 1. The van der Waals surface area contributed by atoms with Crippen LogP contribution in [0.15, 0.2) is 60.9 Å². The van der Waals surface area contributed by atoms with Gasteiger partial charge in [-0.1, -0.05) is 24.3 Å². The monoisotopic (exact) mass is 417 g/mol. The molecule has 1 aliphatic rings. The lowest BCUT2D eigenvalue weighted by atomic mass is 9.90. The van der Waals surface area contributed by atoms with Gasteiger partial charge in [0.2, 0.25) is 0 Å². The molecule has 1 aliphatic heterocycles. The molecule has 1 atom stereocenters. The van der Waals surface area contributed by atoms with Crippen molar-refractivity contribution in [3.05, 3.63) is 72.2 Å². The average molecular weight is 418 g/mol. The number of rotatable bonds is 8. The summed E-state index contributed by atoms with van der Waals surface area (Å²) in [5, 5.41) is 8.10. The minimum Gasteiger partial charge on any atom is -0.375 e. The van der Waals surface area contributed by atoms with Crippen molar-refractivity contribution in [3.8, 4) is 0 Å². The van der Waals surface area contributed by atoms with E-state index in [0.717, 1.165) is 37.3 Å². The van der Waals surface area contributed by atoms with E-state index in [9.17, 15) is 4.79 Å². The van der Waals surface area contributed by atoms with Crippen LogP contribution >= 0.6 is 0 Å². The molecule has 3 aromatic rings. The number of anilines is 2. The maximum absolute atomic E-state index is 13.0. The normalized spacial score (nSPS) is 16.9. The van der Waals surface area contributed by atoms with Crippen LogP contribution in [0.2, 0.25) is 0 Å². The van der Waals surface area contributed by atoms with Gasteiger partial charge in [-0.05, 0) is 57.4 Å². The molecule has 1 unspecified atom stereocenters. The molecule has 6 heteroatoms. The highest BCUT2D eigenvalue weighted by molar-refractivity contribution is 6.00. The molecule has 1 N–H and O–H groups in total. The summed E-state index contributed by atoms with van der Waals surface area (Å²) < 4.78 is 1.96. The van der Waals surface area contributed by atoms with E-state index in [2.05, 4.69) is 53.3 Å². The average Bonchev–Trinajstić information content (AvgIpc) is 3.22. The summed E-state index contributed by atoms with van der Waals surface area (Å²) >= 11 is 0. The van der Waals surface area contributed by atoms with E-state index in [0.29, 0.717) is 12.0 Å². The van der Waals surface area contributed by atoms with Crippen molar-refractivity contribution >= 4 is 17.3 Å². The lowest BCUT2D eigenvalue weighted by Gasteiger charge is -2.37. The number of fused-ring (bicyclic) bond motifs is 1. The zero-order valence-corrected chi connectivity index (χ0v) is 18.6. The molecular weight excluding hydrogens is 386 g/mol. The molecule has 0 saturated heterocycles. The fourth-order valence-electron chi connectivity index (χ4n) is 4.29. The van der Waals surface area contributed by atoms with Crippen LogP contribution in [0.3, 0.4) is 0 Å². The van der Waals surface area contributed by atoms with Crippen molar-refractivity contribution < 1.29 is 4.79 Å². The summed E-state index contributed by atoms with van der Waals surface area (Å²) in [6.07, 6.45) is 6.75. The van der Waals surface area contributed by atoms with Gasteiger partial charge in [-0.15, -0.1) is 0 Å². The number of ketones is 1. The number of para-hydroxylation sites is 1. The van der Waals surface area contributed by atoms with E-state index in [1.165, 1.54) is 5.69 Å². The van der Waals surface area contributed by atoms with Crippen LogP contribution in [0, 0.1) is 0 Å². The van der Waals surface area contributed by atoms with Crippen molar-refractivity contribution in [2.45, 2.75) is 51.1 Å². The Hall–Kier alpha value is -3.15. The van der Waals surface area contributed by atoms with Crippen molar-refractivity contribution in [1.29, 1.82) is 0 Å². The summed E-state index contributed by atoms with van der Waals surface area (Å²) in [6.45, 7) is 5.25. The Morgan fingerprint density at radius 1 is 1.16 bits per heavy atom. The standard InChI is InChI=1S/C25H31N5O/c1-25(2)17-22(21-13-7-9-15-26-21)28-24-20(18-27-30(24)25)23(31)14-8-10-16-29(3)19-11-5-4-6-12-19/h4-7,9,11-13,15,18,22,28H,8,10,14,16-17H2,1-3H3. The molecular formula is C25H31N5O. The minimum absolute atomic E-state index is 0.0615. The minimum atomic E-state index is -0.195. The quantitative estimate of drug-likeness (QED) is 0.410. The Kier molecular flexibility index (Phi) is 6.07. The second-order valence-electron chi connectivity index (χ2n) is 8.92. The van der Waals surface area contributed by atoms with Crippen LogP contribution in [0.4, 0.5) is 11.5 Å². The van der Waals surface area contributed by atoms with Gasteiger partial charge < -0.3 is 10.2 Å². The Bertz CT molecular complexity index is 1010. The highest BCUT2D eigenvalue weighted by atomic mass is 16.1. The van der Waals surface area contributed by atoms with Gasteiger partial charge in [-0.3, -0.25) is 9.78 Å². The Morgan fingerprint density at radius 2 is 1.94 bits per heavy atom. The molecule has 0 bridgehead atoms. The van der Waals surface area contributed by atoms with Crippen LogP contribution in [0.25, 0.3) is 0 Å². The zero-order valence-electron chi connectivity index (χ0n) is 18.6. The smallest absolute Gasteiger partial charge is 0.168 e. The fourth-order valence-corrected chi connectivity index (χ4v) is 4.29. The molecule has 0 aliphatic carbocycles. The molecule has 4 rings (SSSR count). The Labute approximate surface area is 184 Å². The number of Topliss-reactive ketones (excluding diaryl/α,β-unsaturated/α-hetero) is 1. The lowest BCUT2D eigenvalue weighted by molar-refractivity contribution is 0.0980.